The molecule has 4 nitrogen and oxygen atoms in total. The van der Waals surface area contributed by atoms with Gasteiger partial charge in [-0.15, -0.1) is 0 Å². The lowest BCUT2D eigenvalue weighted by atomic mass is 9.90. The molecular formula is C14H25BO4. The van der Waals surface area contributed by atoms with Crippen molar-refractivity contribution in [3.05, 3.63) is 12.1 Å². The summed E-state index contributed by atoms with van der Waals surface area (Å²) in [6.45, 7) is 9.54. The third-order valence-electron chi connectivity index (χ3n) is 4.08. The molecule has 0 N–H and O–H groups in total. The lowest BCUT2D eigenvalue weighted by molar-refractivity contribution is -0.155. The van der Waals surface area contributed by atoms with Crippen molar-refractivity contribution in [3.8, 4) is 0 Å². The van der Waals surface area contributed by atoms with Crippen LogP contribution in [0.2, 0.25) is 0 Å². The maximum atomic E-state index is 5.86. The number of rotatable bonds is 4. The van der Waals surface area contributed by atoms with Crippen molar-refractivity contribution in [2.24, 2.45) is 0 Å². The molecule has 0 aromatic rings. The van der Waals surface area contributed by atoms with E-state index in [1.165, 1.54) is 6.42 Å². The van der Waals surface area contributed by atoms with Crippen LogP contribution in [0.3, 0.4) is 0 Å². The summed E-state index contributed by atoms with van der Waals surface area (Å²) in [7, 11) is -0.291. The Hall–Kier alpha value is -0.355. The van der Waals surface area contributed by atoms with Gasteiger partial charge in [0.15, 0.2) is 6.29 Å². The first-order chi connectivity index (χ1) is 8.91. The maximum absolute atomic E-state index is 5.86. The Morgan fingerprint density at radius 1 is 1.16 bits per heavy atom. The Kier molecular flexibility index (Phi) is 4.72. The molecule has 0 spiro atoms. The minimum atomic E-state index is -0.291. The van der Waals surface area contributed by atoms with E-state index in [2.05, 4.69) is 0 Å². The van der Waals surface area contributed by atoms with Gasteiger partial charge in [0.05, 0.1) is 17.8 Å². The molecule has 2 saturated heterocycles. The van der Waals surface area contributed by atoms with Gasteiger partial charge in [0.2, 0.25) is 0 Å². The molecule has 0 bridgehead atoms. The van der Waals surface area contributed by atoms with E-state index in [4.69, 9.17) is 18.8 Å². The van der Waals surface area contributed by atoms with Crippen molar-refractivity contribution >= 4 is 7.12 Å². The lowest BCUT2D eigenvalue weighted by Gasteiger charge is -2.32. The summed E-state index contributed by atoms with van der Waals surface area (Å²) in [5.41, 5.74) is -0.565. The van der Waals surface area contributed by atoms with Crippen molar-refractivity contribution in [1.82, 2.24) is 0 Å². The Morgan fingerprint density at radius 3 is 2.42 bits per heavy atom. The fourth-order valence-electron chi connectivity index (χ4n) is 2.14. The number of ether oxygens (including phenoxy) is 2. The molecule has 0 aliphatic carbocycles. The summed E-state index contributed by atoms with van der Waals surface area (Å²) < 4.78 is 22.8. The lowest BCUT2D eigenvalue weighted by Crippen LogP contribution is -2.41. The minimum Gasteiger partial charge on any atom is -0.400 e. The SMILES string of the molecule is CC1(C)OB(/C=C\CO[C@@H]2CCCCO2)OC1(C)C. The zero-order valence-corrected chi connectivity index (χ0v) is 12.5. The Bertz CT molecular complexity index is 305. The van der Waals surface area contributed by atoms with E-state index in [1.54, 1.807) is 0 Å². The second kappa shape index (κ2) is 5.96. The van der Waals surface area contributed by atoms with Gasteiger partial charge in [-0.2, -0.15) is 0 Å². The van der Waals surface area contributed by atoms with Crippen LogP contribution in [-0.4, -0.2) is 37.8 Å². The van der Waals surface area contributed by atoms with Crippen LogP contribution >= 0.6 is 0 Å². The summed E-state index contributed by atoms with van der Waals surface area (Å²) in [6.07, 6.45) is 5.22. The Balaban J connectivity index is 1.72. The molecule has 2 fully saturated rings. The van der Waals surface area contributed by atoms with E-state index in [0.29, 0.717) is 6.61 Å². The van der Waals surface area contributed by atoms with Gasteiger partial charge >= 0.3 is 7.12 Å². The highest BCUT2D eigenvalue weighted by atomic mass is 16.7. The van der Waals surface area contributed by atoms with Crippen LogP contribution in [0.15, 0.2) is 12.1 Å². The standard InChI is InChI=1S/C14H25BO4/c1-13(2)14(3,4)19-15(18-13)9-7-11-17-12-8-5-6-10-16-12/h7,9,12H,5-6,8,10-11H2,1-4H3/b9-7-/t12-/m1/s1. The zero-order chi connectivity index (χ0) is 13.9. The van der Waals surface area contributed by atoms with E-state index in [0.717, 1.165) is 19.4 Å². The van der Waals surface area contributed by atoms with Crippen molar-refractivity contribution in [3.63, 3.8) is 0 Å². The van der Waals surface area contributed by atoms with Crippen LogP contribution in [0, 0.1) is 0 Å². The van der Waals surface area contributed by atoms with Crippen molar-refractivity contribution in [1.29, 1.82) is 0 Å². The summed E-state index contributed by atoms with van der Waals surface area (Å²) in [5.74, 6) is 1.92. The predicted octanol–water partition coefficient (Wildman–Crippen LogP) is 2.72. The molecule has 5 heteroatoms. The van der Waals surface area contributed by atoms with Crippen LogP contribution < -0.4 is 0 Å². The molecule has 19 heavy (non-hydrogen) atoms. The molecule has 108 valence electrons. The molecule has 0 radical (unpaired) electrons. The predicted molar refractivity (Wildman–Crippen MR) is 74.8 cm³/mol. The summed E-state index contributed by atoms with van der Waals surface area (Å²) in [6, 6.07) is 0. The summed E-state index contributed by atoms with van der Waals surface area (Å²) in [5, 5.41) is 0. The van der Waals surface area contributed by atoms with E-state index in [9.17, 15) is 0 Å². The van der Waals surface area contributed by atoms with Crippen LogP contribution in [-0.2, 0) is 18.8 Å². The van der Waals surface area contributed by atoms with Gasteiger partial charge in [-0.1, -0.05) is 12.1 Å². The van der Waals surface area contributed by atoms with Gasteiger partial charge in [-0.05, 0) is 47.0 Å². The second-order valence-electron chi connectivity index (χ2n) is 6.18. The molecule has 2 aliphatic heterocycles. The molecule has 2 heterocycles. The van der Waals surface area contributed by atoms with Gasteiger partial charge in [0, 0.05) is 6.61 Å². The molecule has 0 aromatic heterocycles. The minimum absolute atomic E-state index is 0.0447. The van der Waals surface area contributed by atoms with Crippen LogP contribution in [0.25, 0.3) is 0 Å². The van der Waals surface area contributed by atoms with E-state index < -0.39 is 0 Å². The molecule has 1 atom stereocenters. The van der Waals surface area contributed by atoms with Gasteiger partial charge in [-0.3, -0.25) is 0 Å². The molecule has 0 amide bonds. The molecule has 2 aliphatic rings. The van der Waals surface area contributed by atoms with Gasteiger partial charge in [0.25, 0.3) is 0 Å². The van der Waals surface area contributed by atoms with Gasteiger partial charge in [0.1, 0.15) is 0 Å². The molecule has 2 rings (SSSR count). The Morgan fingerprint density at radius 2 is 1.84 bits per heavy atom. The highest BCUT2D eigenvalue weighted by Crippen LogP contribution is 2.36. The van der Waals surface area contributed by atoms with Gasteiger partial charge in [-0.25, -0.2) is 0 Å². The maximum Gasteiger partial charge on any atom is 0.486 e. The average Bonchev–Trinajstić information content (AvgIpc) is 2.55. The summed E-state index contributed by atoms with van der Waals surface area (Å²) >= 11 is 0. The smallest absolute Gasteiger partial charge is 0.400 e. The molecule has 0 aromatic carbocycles. The van der Waals surface area contributed by atoms with E-state index >= 15 is 0 Å². The fraction of sp³-hybridized carbons (Fsp3) is 0.857. The third kappa shape index (κ3) is 3.82. The van der Waals surface area contributed by atoms with Gasteiger partial charge < -0.3 is 18.8 Å². The molecule has 0 saturated carbocycles. The first kappa shape index (κ1) is 15.0. The highest BCUT2D eigenvalue weighted by molar-refractivity contribution is 6.51. The topological polar surface area (TPSA) is 36.9 Å². The van der Waals surface area contributed by atoms with E-state index in [1.807, 2.05) is 39.7 Å². The number of hydrogen-bond acceptors (Lipinski definition) is 4. The molecule has 0 unspecified atom stereocenters. The quantitative estimate of drug-likeness (QED) is 0.734. The van der Waals surface area contributed by atoms with Crippen molar-refractivity contribution < 1.29 is 18.8 Å². The monoisotopic (exact) mass is 268 g/mol. The van der Waals surface area contributed by atoms with Crippen LogP contribution in [0.4, 0.5) is 0 Å². The first-order valence-corrected chi connectivity index (χ1v) is 7.16. The second-order valence-corrected chi connectivity index (χ2v) is 6.18. The first-order valence-electron chi connectivity index (χ1n) is 7.16. The van der Waals surface area contributed by atoms with Crippen molar-refractivity contribution in [2.45, 2.75) is 64.4 Å². The summed E-state index contributed by atoms with van der Waals surface area (Å²) in [4.78, 5) is 0. The van der Waals surface area contributed by atoms with Crippen LogP contribution in [0.1, 0.15) is 47.0 Å². The van der Waals surface area contributed by atoms with Crippen molar-refractivity contribution in [2.75, 3.05) is 13.2 Å². The highest BCUT2D eigenvalue weighted by Gasteiger charge is 2.49. The van der Waals surface area contributed by atoms with E-state index in [-0.39, 0.29) is 24.6 Å². The zero-order valence-electron chi connectivity index (χ0n) is 12.5. The normalized spacial score (nSPS) is 30.1. The molecular weight excluding hydrogens is 243 g/mol. The van der Waals surface area contributed by atoms with Crippen LogP contribution in [0.5, 0.6) is 0 Å². The number of hydrogen-bond donors (Lipinski definition) is 0. The fourth-order valence-corrected chi connectivity index (χ4v) is 2.14. The third-order valence-corrected chi connectivity index (χ3v) is 4.08. The average molecular weight is 268 g/mol. The largest absolute Gasteiger partial charge is 0.486 e. The Labute approximate surface area is 116 Å².